The zero-order valence-corrected chi connectivity index (χ0v) is 19.3. The monoisotopic (exact) mass is 450 g/mol. The predicted octanol–water partition coefficient (Wildman–Crippen LogP) is -0.0631. The summed E-state index contributed by atoms with van der Waals surface area (Å²) in [5, 5.41) is 41.6. The summed E-state index contributed by atoms with van der Waals surface area (Å²) in [6, 6.07) is 0. The van der Waals surface area contributed by atoms with Crippen molar-refractivity contribution in [1.82, 2.24) is 0 Å². The Hall–Kier alpha value is -0.850. The summed E-state index contributed by atoms with van der Waals surface area (Å²) in [4.78, 5) is 12.4. The number of carbonyl (C=O) groups excluding carboxylic acids is 1. The molecule has 0 aliphatic carbocycles. The van der Waals surface area contributed by atoms with Crippen LogP contribution in [-0.2, 0) is 28.5 Å². The average molecular weight is 451 g/mol. The molecule has 0 aromatic carbocycles. The van der Waals surface area contributed by atoms with E-state index < -0.39 is 78.7 Å². The molecule has 0 aromatic heterocycles. The van der Waals surface area contributed by atoms with E-state index in [1.807, 2.05) is 41.5 Å². The Morgan fingerprint density at radius 2 is 1.61 bits per heavy atom. The fourth-order valence-electron chi connectivity index (χ4n) is 4.09. The molecule has 2 heterocycles. The van der Waals surface area contributed by atoms with E-state index in [1.54, 1.807) is 0 Å². The number of aliphatic hydroxyl groups excluding tert-OH is 4. The second-order valence-electron chi connectivity index (χ2n) is 10.2. The molecule has 10 nitrogen and oxygen atoms in total. The Labute approximate surface area is 183 Å². The van der Waals surface area contributed by atoms with E-state index in [0.717, 1.165) is 0 Å². The van der Waals surface area contributed by atoms with Crippen molar-refractivity contribution in [3.8, 4) is 0 Å². The van der Waals surface area contributed by atoms with Gasteiger partial charge in [-0.05, 0) is 26.2 Å². The largest absolute Gasteiger partial charge is 0.467 e. The van der Waals surface area contributed by atoms with Gasteiger partial charge in [0.05, 0.1) is 31.5 Å². The molecule has 0 aromatic rings. The van der Waals surface area contributed by atoms with Crippen LogP contribution in [0.5, 0.6) is 0 Å². The normalized spacial score (nSPS) is 39.9. The van der Waals surface area contributed by atoms with E-state index in [0.29, 0.717) is 0 Å². The molecule has 0 amide bonds. The molecule has 2 aliphatic heterocycles. The molecule has 9 atom stereocenters. The number of methoxy groups -OCH3 is 1. The lowest BCUT2D eigenvalue weighted by Gasteiger charge is -2.48. The smallest absolute Gasteiger partial charge is 0.335 e. The van der Waals surface area contributed by atoms with E-state index in [4.69, 9.17) is 23.7 Å². The molecule has 31 heavy (non-hydrogen) atoms. The highest BCUT2D eigenvalue weighted by molar-refractivity contribution is 5.75. The van der Waals surface area contributed by atoms with Crippen LogP contribution in [0.4, 0.5) is 0 Å². The number of esters is 1. The summed E-state index contributed by atoms with van der Waals surface area (Å²) in [6.45, 7) is 10.5. The highest BCUT2D eigenvalue weighted by atomic mass is 16.7. The molecular weight excluding hydrogens is 412 g/mol. The van der Waals surface area contributed by atoms with Gasteiger partial charge in [0.15, 0.2) is 18.7 Å². The first-order chi connectivity index (χ1) is 14.2. The molecule has 2 rings (SSSR count). The highest BCUT2D eigenvalue weighted by Gasteiger charge is 2.54. The van der Waals surface area contributed by atoms with Crippen molar-refractivity contribution < 1.29 is 48.9 Å². The van der Waals surface area contributed by atoms with Gasteiger partial charge in [-0.1, -0.05) is 20.8 Å². The second-order valence-corrected chi connectivity index (χ2v) is 10.2. The van der Waals surface area contributed by atoms with Crippen molar-refractivity contribution in [1.29, 1.82) is 0 Å². The van der Waals surface area contributed by atoms with Gasteiger partial charge >= 0.3 is 5.97 Å². The van der Waals surface area contributed by atoms with Gasteiger partial charge in [0.2, 0.25) is 0 Å². The van der Waals surface area contributed by atoms with Crippen LogP contribution >= 0.6 is 0 Å². The summed E-state index contributed by atoms with van der Waals surface area (Å²) in [7, 11) is 1.21. The number of ether oxygens (including phenoxy) is 5. The van der Waals surface area contributed by atoms with Gasteiger partial charge in [0.25, 0.3) is 0 Å². The van der Waals surface area contributed by atoms with Crippen LogP contribution in [0.25, 0.3) is 0 Å². The second kappa shape index (κ2) is 9.96. The number of rotatable bonds is 5. The van der Waals surface area contributed by atoms with Crippen LogP contribution in [0.2, 0.25) is 0 Å². The first-order valence-corrected chi connectivity index (χ1v) is 10.6. The van der Waals surface area contributed by atoms with E-state index in [1.165, 1.54) is 7.11 Å². The Kier molecular flexibility index (Phi) is 8.49. The third kappa shape index (κ3) is 6.35. The Morgan fingerprint density at radius 1 is 1.00 bits per heavy atom. The van der Waals surface area contributed by atoms with Crippen LogP contribution in [0.3, 0.4) is 0 Å². The minimum atomic E-state index is -1.48. The highest BCUT2D eigenvalue weighted by Crippen LogP contribution is 2.40. The van der Waals surface area contributed by atoms with Crippen molar-refractivity contribution in [3.63, 3.8) is 0 Å². The predicted molar refractivity (Wildman–Crippen MR) is 108 cm³/mol. The van der Waals surface area contributed by atoms with E-state index in [-0.39, 0.29) is 6.42 Å². The molecule has 0 bridgehead atoms. The molecule has 10 heteroatoms. The first-order valence-electron chi connectivity index (χ1n) is 10.6. The zero-order valence-electron chi connectivity index (χ0n) is 19.3. The van der Waals surface area contributed by atoms with Gasteiger partial charge in [-0.3, -0.25) is 0 Å². The molecule has 2 aliphatic rings. The third-order valence-corrected chi connectivity index (χ3v) is 5.52. The number of hydrogen-bond donors (Lipinski definition) is 4. The van der Waals surface area contributed by atoms with Gasteiger partial charge < -0.3 is 44.1 Å². The standard InChI is InChI=1S/C21H38O10/c1-20(2,3)13-15(24)16(25)19(30-17(13)18(26)27-7)29-10-8-12(31-21(4,5)6)28-11(9-22)14(10)23/h10-17,19,22-25H,8-9H2,1-7H3. The summed E-state index contributed by atoms with van der Waals surface area (Å²) in [5.74, 6) is -1.45. The van der Waals surface area contributed by atoms with E-state index in [2.05, 4.69) is 0 Å². The number of hydrogen-bond acceptors (Lipinski definition) is 10. The van der Waals surface area contributed by atoms with Crippen LogP contribution in [0.15, 0.2) is 0 Å². The molecule has 182 valence electrons. The molecule has 4 N–H and O–H groups in total. The van der Waals surface area contributed by atoms with Gasteiger partial charge in [-0.15, -0.1) is 0 Å². The Bertz CT molecular complexity index is 598. The lowest BCUT2D eigenvalue weighted by atomic mass is 9.71. The fourth-order valence-corrected chi connectivity index (χ4v) is 4.09. The van der Waals surface area contributed by atoms with E-state index in [9.17, 15) is 25.2 Å². The number of carbonyl (C=O) groups is 1. The van der Waals surface area contributed by atoms with Crippen LogP contribution < -0.4 is 0 Å². The maximum atomic E-state index is 12.4. The maximum Gasteiger partial charge on any atom is 0.335 e. The molecule has 9 unspecified atom stereocenters. The Morgan fingerprint density at radius 3 is 2.10 bits per heavy atom. The minimum Gasteiger partial charge on any atom is -0.467 e. The molecule has 2 fully saturated rings. The quantitative estimate of drug-likeness (QED) is 0.420. The third-order valence-electron chi connectivity index (χ3n) is 5.52. The lowest BCUT2D eigenvalue weighted by molar-refractivity contribution is -0.340. The van der Waals surface area contributed by atoms with Crippen molar-refractivity contribution in [2.45, 2.75) is 103 Å². The van der Waals surface area contributed by atoms with Crippen LogP contribution in [0, 0.1) is 11.3 Å². The summed E-state index contributed by atoms with van der Waals surface area (Å²) >= 11 is 0. The molecule has 2 saturated heterocycles. The molecule has 0 spiro atoms. The van der Waals surface area contributed by atoms with Gasteiger partial charge in [0.1, 0.15) is 18.3 Å². The average Bonchev–Trinajstić information content (AvgIpc) is 2.64. The molecule has 0 saturated carbocycles. The van der Waals surface area contributed by atoms with Crippen molar-refractivity contribution >= 4 is 5.97 Å². The molecule has 0 radical (unpaired) electrons. The topological polar surface area (TPSA) is 144 Å². The van der Waals surface area contributed by atoms with E-state index >= 15 is 0 Å². The fraction of sp³-hybridized carbons (Fsp3) is 0.952. The first kappa shape index (κ1) is 26.4. The zero-order chi connectivity index (χ0) is 23.7. The summed E-state index contributed by atoms with van der Waals surface area (Å²) < 4.78 is 27.8. The van der Waals surface area contributed by atoms with Crippen molar-refractivity contribution in [2.75, 3.05) is 13.7 Å². The maximum absolute atomic E-state index is 12.4. The van der Waals surface area contributed by atoms with Gasteiger partial charge in [0, 0.05) is 12.3 Å². The number of aliphatic hydroxyl groups is 4. The minimum absolute atomic E-state index is 0.0865. The summed E-state index contributed by atoms with van der Waals surface area (Å²) in [5.41, 5.74) is -1.14. The van der Waals surface area contributed by atoms with Crippen molar-refractivity contribution in [2.24, 2.45) is 11.3 Å². The van der Waals surface area contributed by atoms with Crippen molar-refractivity contribution in [3.05, 3.63) is 0 Å². The lowest BCUT2D eigenvalue weighted by Crippen LogP contribution is -2.62. The molecular formula is C21H38O10. The van der Waals surface area contributed by atoms with Gasteiger partial charge in [-0.2, -0.15) is 0 Å². The van der Waals surface area contributed by atoms with Gasteiger partial charge in [-0.25, -0.2) is 4.79 Å². The SMILES string of the molecule is COC(=O)C1OC(OC2CC(OC(C)(C)C)OC(CO)C2O)C(O)C(O)C1C(C)(C)C. The Balaban J connectivity index is 2.23. The van der Waals surface area contributed by atoms with Crippen LogP contribution in [-0.4, -0.2) is 94.9 Å². The van der Waals surface area contributed by atoms with Crippen LogP contribution in [0.1, 0.15) is 48.0 Å². The summed E-state index contributed by atoms with van der Waals surface area (Å²) in [6.07, 6.45) is -9.27.